The van der Waals surface area contributed by atoms with E-state index in [-0.39, 0.29) is 0 Å². The van der Waals surface area contributed by atoms with E-state index in [1.165, 1.54) is 138 Å². The van der Waals surface area contributed by atoms with Crippen LogP contribution in [0.5, 0.6) is 0 Å². The summed E-state index contributed by atoms with van der Waals surface area (Å²) < 4.78 is 0. The number of hydrogen-bond donors (Lipinski definition) is 0. The van der Waals surface area contributed by atoms with E-state index >= 15 is 0 Å². The molecule has 9 aromatic rings. The van der Waals surface area contributed by atoms with Gasteiger partial charge in [-0.2, -0.15) is 0 Å². The second kappa shape index (κ2) is 16.6. The van der Waals surface area contributed by atoms with E-state index < -0.39 is 0 Å². The van der Waals surface area contributed by atoms with Gasteiger partial charge in [-0.3, -0.25) is 0 Å². The summed E-state index contributed by atoms with van der Waals surface area (Å²) in [6, 6.07) is 68.2. The number of para-hydroxylation sites is 3. The maximum Gasteiger partial charge on any atom is 0.0534 e. The van der Waals surface area contributed by atoms with Gasteiger partial charge in [0.1, 0.15) is 0 Å². The van der Waals surface area contributed by atoms with Crippen molar-refractivity contribution in [3.63, 3.8) is 0 Å². The van der Waals surface area contributed by atoms with Crippen molar-refractivity contribution in [2.75, 3.05) is 16.3 Å². The Bertz CT molecular complexity index is 3300. The number of rotatable bonds is 9. The van der Waals surface area contributed by atoms with E-state index in [4.69, 9.17) is 0 Å². The van der Waals surface area contributed by atoms with Crippen LogP contribution in [0.15, 0.2) is 182 Å². The standard InChI is InChI=1S/C63H52N2/c1-2-3-4-19-56-59-39-43(25-35-57(59)58-37-34-51(42-60(56)58)64-38-13-17-45-14-5-10-21-61(45)64)24-26-44-32-36-54(55-20-9-8-18-53(44)55)50-30-29-49-41-52(33-31-48(49)40-50)65-62-22-11-6-15-46(62)27-28-47-16-7-12-23-63(47)65/h5-12,14-16,18,20-37,39-42,56H,2-4,13,17,19,38H2,1H3/b26-24+. The molecule has 2 heteroatoms. The number of benzene rings is 9. The summed E-state index contributed by atoms with van der Waals surface area (Å²) in [4.78, 5) is 4.95. The highest BCUT2D eigenvalue weighted by molar-refractivity contribution is 6.04. The van der Waals surface area contributed by atoms with Crippen LogP contribution in [0.25, 0.3) is 68.1 Å². The predicted molar refractivity (Wildman–Crippen MR) is 279 cm³/mol. The normalized spacial score (nSPS) is 14.9. The van der Waals surface area contributed by atoms with Gasteiger partial charge < -0.3 is 9.80 Å². The molecule has 1 aliphatic carbocycles. The summed E-state index contributed by atoms with van der Waals surface area (Å²) >= 11 is 0. The SMILES string of the molecule is CCCCCC1c2cc(/C=C/c3ccc(-c4ccc5cc(N6c7ccccc7C=Cc7ccccc76)ccc5c4)c4ccccc34)ccc2-c2ccc(N3CCCc4ccccc43)cc21. The van der Waals surface area contributed by atoms with Crippen LogP contribution in [0, 0.1) is 0 Å². The molecule has 2 aliphatic heterocycles. The molecule has 0 amide bonds. The molecule has 0 saturated carbocycles. The van der Waals surface area contributed by atoms with E-state index in [0.29, 0.717) is 5.92 Å². The molecule has 1 atom stereocenters. The Kier molecular flexibility index (Phi) is 10.0. The predicted octanol–water partition coefficient (Wildman–Crippen LogP) is 17.6. The lowest BCUT2D eigenvalue weighted by atomic mass is 9.90. The van der Waals surface area contributed by atoms with Gasteiger partial charge >= 0.3 is 0 Å². The number of fused-ring (bicyclic) bond motifs is 8. The van der Waals surface area contributed by atoms with Crippen molar-refractivity contribution < 1.29 is 0 Å². The fourth-order valence-corrected chi connectivity index (χ4v) is 11.0. The minimum atomic E-state index is 0.411. The lowest BCUT2D eigenvalue weighted by Gasteiger charge is -2.32. The van der Waals surface area contributed by atoms with Gasteiger partial charge in [0.05, 0.1) is 11.4 Å². The highest BCUT2D eigenvalue weighted by Crippen LogP contribution is 2.50. The molecular weight excluding hydrogens is 785 g/mol. The van der Waals surface area contributed by atoms with Crippen molar-refractivity contribution in [1.82, 2.24) is 0 Å². The van der Waals surface area contributed by atoms with Gasteiger partial charge in [0, 0.05) is 29.5 Å². The Labute approximate surface area is 383 Å². The smallest absolute Gasteiger partial charge is 0.0534 e. The first-order chi connectivity index (χ1) is 32.2. The van der Waals surface area contributed by atoms with E-state index in [9.17, 15) is 0 Å². The van der Waals surface area contributed by atoms with E-state index in [1.54, 1.807) is 0 Å². The molecule has 12 rings (SSSR count). The minimum absolute atomic E-state index is 0.411. The van der Waals surface area contributed by atoms with Crippen molar-refractivity contribution in [2.45, 2.75) is 51.4 Å². The quantitative estimate of drug-likeness (QED) is 0.106. The van der Waals surface area contributed by atoms with Crippen molar-refractivity contribution in [3.05, 3.63) is 221 Å². The lowest BCUT2D eigenvalue weighted by Crippen LogP contribution is -2.24. The third-order valence-corrected chi connectivity index (χ3v) is 14.3. The monoisotopic (exact) mass is 836 g/mol. The summed E-state index contributed by atoms with van der Waals surface area (Å²) in [5.41, 5.74) is 20.9. The summed E-state index contributed by atoms with van der Waals surface area (Å²) in [7, 11) is 0. The van der Waals surface area contributed by atoms with Gasteiger partial charge in [0.2, 0.25) is 0 Å². The van der Waals surface area contributed by atoms with Crippen LogP contribution in [-0.4, -0.2) is 6.54 Å². The van der Waals surface area contributed by atoms with Crippen LogP contribution >= 0.6 is 0 Å². The Morgan fingerprint density at radius 1 is 0.523 bits per heavy atom. The second-order valence-electron chi connectivity index (χ2n) is 18.2. The number of aryl methyl sites for hydroxylation is 1. The number of unbranched alkanes of at least 4 members (excludes halogenated alkanes) is 2. The Morgan fingerprint density at radius 2 is 1.18 bits per heavy atom. The maximum absolute atomic E-state index is 2.55. The number of hydrogen-bond acceptors (Lipinski definition) is 2. The van der Waals surface area contributed by atoms with Gasteiger partial charge in [-0.25, -0.2) is 0 Å². The molecule has 65 heavy (non-hydrogen) atoms. The molecule has 3 aliphatic rings. The Hall–Kier alpha value is -7.42. The zero-order valence-corrected chi connectivity index (χ0v) is 37.1. The van der Waals surface area contributed by atoms with Crippen molar-refractivity contribution in [2.24, 2.45) is 0 Å². The first kappa shape index (κ1) is 39.2. The molecule has 1 unspecified atom stereocenters. The minimum Gasteiger partial charge on any atom is -0.341 e. The van der Waals surface area contributed by atoms with Crippen LogP contribution in [0.1, 0.15) is 83.9 Å². The van der Waals surface area contributed by atoms with Gasteiger partial charge in [-0.05, 0) is 151 Å². The molecular formula is C63H52N2. The first-order valence-electron chi connectivity index (χ1n) is 23.7. The fourth-order valence-electron chi connectivity index (χ4n) is 11.0. The summed E-state index contributed by atoms with van der Waals surface area (Å²) in [6.07, 6.45) is 16.4. The highest BCUT2D eigenvalue weighted by atomic mass is 15.2. The third kappa shape index (κ3) is 7.05. The third-order valence-electron chi connectivity index (χ3n) is 14.3. The van der Waals surface area contributed by atoms with Gasteiger partial charge in [-0.1, -0.05) is 184 Å². The molecule has 2 heterocycles. The fraction of sp³-hybridized carbons (Fsp3) is 0.143. The van der Waals surface area contributed by atoms with E-state index in [0.717, 1.165) is 18.7 Å². The molecule has 0 N–H and O–H groups in total. The van der Waals surface area contributed by atoms with Gasteiger partial charge in [0.25, 0.3) is 0 Å². The summed E-state index contributed by atoms with van der Waals surface area (Å²) in [6.45, 7) is 3.38. The van der Waals surface area contributed by atoms with Crippen LogP contribution in [-0.2, 0) is 6.42 Å². The second-order valence-corrected chi connectivity index (χ2v) is 18.2. The summed E-state index contributed by atoms with van der Waals surface area (Å²) in [5, 5.41) is 4.99. The van der Waals surface area contributed by atoms with Crippen molar-refractivity contribution in [3.8, 4) is 22.3 Å². The van der Waals surface area contributed by atoms with Crippen LogP contribution < -0.4 is 9.80 Å². The van der Waals surface area contributed by atoms with E-state index in [2.05, 4.69) is 223 Å². The lowest BCUT2D eigenvalue weighted by molar-refractivity contribution is 0.625. The van der Waals surface area contributed by atoms with Crippen molar-refractivity contribution >= 4 is 74.3 Å². The first-order valence-corrected chi connectivity index (χ1v) is 23.7. The number of nitrogens with zero attached hydrogens (tertiary/aromatic N) is 2. The molecule has 9 aromatic carbocycles. The maximum atomic E-state index is 2.55. The molecule has 314 valence electrons. The zero-order chi connectivity index (χ0) is 43.3. The molecule has 2 nitrogen and oxygen atoms in total. The Morgan fingerprint density at radius 3 is 2.00 bits per heavy atom. The average Bonchev–Trinajstić information content (AvgIpc) is 3.55. The highest BCUT2D eigenvalue weighted by Gasteiger charge is 2.30. The molecule has 0 fully saturated rings. The van der Waals surface area contributed by atoms with Crippen LogP contribution in [0.3, 0.4) is 0 Å². The number of anilines is 5. The molecule has 0 bridgehead atoms. The largest absolute Gasteiger partial charge is 0.341 e. The van der Waals surface area contributed by atoms with Gasteiger partial charge in [0.15, 0.2) is 0 Å². The molecule has 0 radical (unpaired) electrons. The van der Waals surface area contributed by atoms with Crippen LogP contribution in [0.2, 0.25) is 0 Å². The molecule has 0 saturated heterocycles. The van der Waals surface area contributed by atoms with Crippen molar-refractivity contribution in [1.29, 1.82) is 0 Å². The van der Waals surface area contributed by atoms with E-state index in [1.807, 2.05) is 0 Å². The topological polar surface area (TPSA) is 6.48 Å². The zero-order valence-electron chi connectivity index (χ0n) is 37.1. The Balaban J connectivity index is 0.846. The van der Waals surface area contributed by atoms with Gasteiger partial charge in [-0.15, -0.1) is 0 Å². The van der Waals surface area contributed by atoms with Crippen LogP contribution in [0.4, 0.5) is 28.4 Å². The average molecular weight is 837 g/mol. The molecule has 0 aromatic heterocycles. The summed E-state index contributed by atoms with van der Waals surface area (Å²) in [5.74, 6) is 0.411. The molecule has 0 spiro atoms.